The maximum Gasteiger partial charge on any atom is 0.149 e. The van der Waals surface area contributed by atoms with E-state index in [1.165, 1.54) is 27.9 Å². The lowest BCUT2D eigenvalue weighted by molar-refractivity contribution is 0.616. The molecule has 0 fully saturated rings. The van der Waals surface area contributed by atoms with E-state index in [0.717, 1.165) is 39.1 Å². The van der Waals surface area contributed by atoms with Gasteiger partial charge in [0.1, 0.15) is 17.7 Å². The Labute approximate surface area is 240 Å². The first-order valence-corrected chi connectivity index (χ1v) is 14.4. The standard InChI is InChI=1S/C37H33N3O/c1-24(2)29-20-27(26-12-6-5-7-13-26)21-30(25(3)4)36(29)40-34-15-9-8-14-33(34)38-37(40)32-23-41-35-17-16-28(22-31(32)35)39-18-10-11-19-39/h5-25H,1-4H3. The molecule has 3 heterocycles. The van der Waals surface area contributed by atoms with E-state index in [4.69, 9.17) is 9.40 Å². The van der Waals surface area contributed by atoms with Crippen LogP contribution in [0, 0.1) is 0 Å². The maximum atomic E-state index is 6.13. The molecule has 202 valence electrons. The van der Waals surface area contributed by atoms with E-state index < -0.39 is 0 Å². The van der Waals surface area contributed by atoms with Crippen molar-refractivity contribution in [3.63, 3.8) is 0 Å². The molecule has 0 aliphatic carbocycles. The number of fused-ring (bicyclic) bond motifs is 2. The Balaban J connectivity index is 1.54. The molecule has 0 aliphatic heterocycles. The number of para-hydroxylation sites is 2. The van der Waals surface area contributed by atoms with Gasteiger partial charge in [0.05, 0.1) is 22.3 Å². The summed E-state index contributed by atoms with van der Waals surface area (Å²) >= 11 is 0. The molecule has 4 heteroatoms. The van der Waals surface area contributed by atoms with Crippen molar-refractivity contribution >= 4 is 22.0 Å². The Kier molecular flexibility index (Phi) is 6.12. The summed E-state index contributed by atoms with van der Waals surface area (Å²) in [6.07, 6.45) is 5.99. The molecule has 7 aromatic rings. The van der Waals surface area contributed by atoms with Crippen LogP contribution in [0.25, 0.3) is 55.9 Å². The largest absolute Gasteiger partial charge is 0.464 e. The summed E-state index contributed by atoms with van der Waals surface area (Å²) in [5, 5.41) is 1.05. The molecule has 0 radical (unpaired) electrons. The van der Waals surface area contributed by atoms with E-state index in [1.807, 2.05) is 18.4 Å². The molecule has 0 unspecified atom stereocenters. The van der Waals surface area contributed by atoms with Crippen LogP contribution in [0.1, 0.15) is 50.7 Å². The minimum absolute atomic E-state index is 0.307. The molecular formula is C37H33N3O. The quantitative estimate of drug-likeness (QED) is 0.212. The van der Waals surface area contributed by atoms with Gasteiger partial charge in [0.15, 0.2) is 0 Å². The van der Waals surface area contributed by atoms with Crippen LogP contribution in [0.15, 0.2) is 120 Å². The fourth-order valence-electron chi connectivity index (χ4n) is 5.91. The molecule has 0 bridgehead atoms. The third kappa shape index (κ3) is 4.27. The summed E-state index contributed by atoms with van der Waals surface area (Å²) in [6.45, 7) is 9.14. The van der Waals surface area contributed by atoms with Gasteiger partial charge in [-0.15, -0.1) is 0 Å². The molecular weight excluding hydrogens is 502 g/mol. The summed E-state index contributed by atoms with van der Waals surface area (Å²) in [5.41, 5.74) is 11.3. The van der Waals surface area contributed by atoms with Crippen LogP contribution < -0.4 is 0 Å². The lowest BCUT2D eigenvalue weighted by Gasteiger charge is -2.24. The van der Waals surface area contributed by atoms with Crippen LogP contribution in [-0.4, -0.2) is 14.1 Å². The predicted octanol–water partition coefficient (Wildman–Crippen LogP) is 10.1. The van der Waals surface area contributed by atoms with E-state index in [2.05, 4.69) is 134 Å². The zero-order chi connectivity index (χ0) is 28.1. The number of aromatic nitrogens is 3. The van der Waals surface area contributed by atoms with Gasteiger partial charge in [-0.25, -0.2) is 4.98 Å². The van der Waals surface area contributed by atoms with Crippen LogP contribution in [0.3, 0.4) is 0 Å². The normalized spacial score (nSPS) is 11.9. The number of hydrogen-bond donors (Lipinski definition) is 0. The number of imidazole rings is 1. The highest BCUT2D eigenvalue weighted by atomic mass is 16.3. The van der Waals surface area contributed by atoms with Gasteiger partial charge in [0.2, 0.25) is 0 Å². The fourth-order valence-corrected chi connectivity index (χ4v) is 5.91. The van der Waals surface area contributed by atoms with Crippen molar-refractivity contribution in [3.8, 4) is 33.9 Å². The van der Waals surface area contributed by atoms with Crippen LogP contribution >= 0.6 is 0 Å². The van der Waals surface area contributed by atoms with Crippen molar-refractivity contribution in [2.24, 2.45) is 0 Å². The van der Waals surface area contributed by atoms with Gasteiger partial charge in [0, 0.05) is 23.5 Å². The van der Waals surface area contributed by atoms with Gasteiger partial charge in [-0.05, 0) is 88.7 Å². The Hall–Kier alpha value is -4.83. The SMILES string of the molecule is CC(C)c1cc(-c2ccccc2)cc(C(C)C)c1-n1c(-c2coc3ccc(-n4cccc4)cc23)nc2ccccc21. The third-order valence-electron chi connectivity index (χ3n) is 8.00. The molecule has 0 N–H and O–H groups in total. The summed E-state index contributed by atoms with van der Waals surface area (Å²) in [4.78, 5) is 5.25. The Morgan fingerprint density at radius 2 is 1.37 bits per heavy atom. The van der Waals surface area contributed by atoms with Crippen molar-refractivity contribution in [1.82, 2.24) is 14.1 Å². The zero-order valence-corrected chi connectivity index (χ0v) is 23.9. The first kappa shape index (κ1) is 25.2. The molecule has 0 saturated carbocycles. The third-order valence-corrected chi connectivity index (χ3v) is 8.00. The van der Waals surface area contributed by atoms with Crippen LogP contribution in [0.4, 0.5) is 0 Å². The fraction of sp³-hybridized carbons (Fsp3) is 0.162. The van der Waals surface area contributed by atoms with Gasteiger partial charge >= 0.3 is 0 Å². The summed E-state index contributed by atoms with van der Waals surface area (Å²) in [5.74, 6) is 1.51. The number of benzene rings is 4. The van der Waals surface area contributed by atoms with Crippen molar-refractivity contribution in [2.75, 3.05) is 0 Å². The highest BCUT2D eigenvalue weighted by Gasteiger charge is 2.25. The molecule has 0 amide bonds. The highest BCUT2D eigenvalue weighted by Crippen LogP contribution is 2.41. The smallest absolute Gasteiger partial charge is 0.149 e. The first-order chi connectivity index (χ1) is 20.0. The van der Waals surface area contributed by atoms with Gasteiger partial charge in [-0.1, -0.05) is 70.2 Å². The van der Waals surface area contributed by atoms with E-state index >= 15 is 0 Å². The van der Waals surface area contributed by atoms with Crippen LogP contribution in [0.5, 0.6) is 0 Å². The summed E-state index contributed by atoms with van der Waals surface area (Å²) in [7, 11) is 0. The first-order valence-electron chi connectivity index (χ1n) is 14.4. The van der Waals surface area contributed by atoms with Crippen molar-refractivity contribution in [1.29, 1.82) is 0 Å². The van der Waals surface area contributed by atoms with Crippen LogP contribution in [-0.2, 0) is 0 Å². The Bertz CT molecular complexity index is 1960. The Morgan fingerprint density at radius 1 is 0.683 bits per heavy atom. The zero-order valence-electron chi connectivity index (χ0n) is 23.9. The van der Waals surface area contributed by atoms with Gasteiger partial charge in [-0.2, -0.15) is 0 Å². The molecule has 0 aliphatic rings. The molecule has 4 aromatic carbocycles. The lowest BCUT2D eigenvalue weighted by Crippen LogP contribution is -2.09. The van der Waals surface area contributed by atoms with Crippen molar-refractivity contribution < 1.29 is 4.42 Å². The lowest BCUT2D eigenvalue weighted by atomic mass is 9.88. The van der Waals surface area contributed by atoms with Crippen molar-refractivity contribution in [3.05, 3.63) is 127 Å². The average Bonchev–Trinajstić information content (AvgIpc) is 3.75. The van der Waals surface area contributed by atoms with E-state index in [9.17, 15) is 0 Å². The molecule has 0 saturated heterocycles. The number of nitrogens with zero attached hydrogens (tertiary/aromatic N) is 3. The molecule has 7 rings (SSSR count). The van der Waals surface area contributed by atoms with Gasteiger partial charge < -0.3 is 8.98 Å². The second-order valence-corrected chi connectivity index (χ2v) is 11.4. The number of furan rings is 1. The highest BCUT2D eigenvalue weighted by molar-refractivity contribution is 5.96. The molecule has 3 aromatic heterocycles. The summed E-state index contributed by atoms with van der Waals surface area (Å²) in [6, 6.07) is 34.3. The van der Waals surface area contributed by atoms with Crippen LogP contribution in [0.2, 0.25) is 0 Å². The minimum Gasteiger partial charge on any atom is -0.464 e. The molecule has 0 atom stereocenters. The minimum atomic E-state index is 0.307. The molecule has 0 spiro atoms. The van der Waals surface area contributed by atoms with Gasteiger partial charge in [0.25, 0.3) is 0 Å². The molecule has 41 heavy (non-hydrogen) atoms. The second-order valence-electron chi connectivity index (χ2n) is 11.4. The van der Waals surface area contributed by atoms with E-state index in [1.54, 1.807) is 0 Å². The monoisotopic (exact) mass is 535 g/mol. The van der Waals surface area contributed by atoms with E-state index in [0.29, 0.717) is 11.8 Å². The topological polar surface area (TPSA) is 35.9 Å². The van der Waals surface area contributed by atoms with Gasteiger partial charge in [-0.3, -0.25) is 4.57 Å². The van der Waals surface area contributed by atoms with Crippen molar-refractivity contribution in [2.45, 2.75) is 39.5 Å². The number of rotatable bonds is 6. The predicted molar refractivity (Wildman–Crippen MR) is 169 cm³/mol. The molecule has 4 nitrogen and oxygen atoms in total. The summed E-state index contributed by atoms with van der Waals surface area (Å²) < 4.78 is 10.6. The average molecular weight is 536 g/mol. The second kappa shape index (κ2) is 9.97. The maximum absolute atomic E-state index is 6.13. The number of hydrogen-bond acceptors (Lipinski definition) is 2. The van der Waals surface area contributed by atoms with E-state index in [-0.39, 0.29) is 0 Å². The Morgan fingerprint density at radius 3 is 2.07 bits per heavy atom.